The van der Waals surface area contributed by atoms with Gasteiger partial charge in [-0.2, -0.15) is 8.42 Å². The molecule has 6 heteroatoms. The molecule has 3 rings (SSSR count). The van der Waals surface area contributed by atoms with Crippen LogP contribution in [0, 0.1) is 5.82 Å². The third-order valence-corrected chi connectivity index (χ3v) is 5.87. The van der Waals surface area contributed by atoms with Crippen molar-refractivity contribution in [2.75, 3.05) is 6.61 Å². The first-order valence-electron chi connectivity index (χ1n) is 8.81. The summed E-state index contributed by atoms with van der Waals surface area (Å²) in [5.41, 5.74) is 1.14. The van der Waals surface area contributed by atoms with E-state index in [1.165, 1.54) is 24.3 Å². The van der Waals surface area contributed by atoms with Crippen molar-refractivity contribution in [3.63, 3.8) is 0 Å². The number of rotatable bonds is 7. The number of halogens is 1. The highest BCUT2D eigenvalue weighted by Crippen LogP contribution is 2.28. The van der Waals surface area contributed by atoms with Crippen LogP contribution in [-0.2, 0) is 19.9 Å². The molecule has 0 fully saturated rings. The number of hydrogen-bond acceptors (Lipinski definition) is 4. The Balaban J connectivity index is 1.65. The van der Waals surface area contributed by atoms with E-state index in [-0.39, 0.29) is 23.7 Å². The minimum absolute atomic E-state index is 0.0818. The summed E-state index contributed by atoms with van der Waals surface area (Å²) in [6.07, 6.45) is 0.106. The van der Waals surface area contributed by atoms with Crippen LogP contribution >= 0.6 is 0 Å². The van der Waals surface area contributed by atoms with Crippen molar-refractivity contribution >= 4 is 10.1 Å². The van der Waals surface area contributed by atoms with E-state index in [1.54, 1.807) is 49.4 Å². The molecule has 0 aliphatic rings. The Morgan fingerprint density at radius 1 is 0.893 bits per heavy atom. The zero-order valence-corrected chi connectivity index (χ0v) is 16.2. The van der Waals surface area contributed by atoms with Crippen LogP contribution in [-0.4, -0.2) is 20.1 Å². The predicted octanol–water partition coefficient (Wildman–Crippen LogP) is 4.50. The van der Waals surface area contributed by atoms with Crippen molar-refractivity contribution in [2.24, 2.45) is 0 Å². The lowest BCUT2D eigenvalue weighted by atomic mass is 9.91. The van der Waals surface area contributed by atoms with Gasteiger partial charge < -0.3 is 5.11 Å². The Labute approximate surface area is 164 Å². The summed E-state index contributed by atoms with van der Waals surface area (Å²) in [6.45, 7) is 1.46. The highest BCUT2D eigenvalue weighted by atomic mass is 32.2. The molecule has 0 aromatic heterocycles. The Hall–Kier alpha value is -2.54. The van der Waals surface area contributed by atoms with Crippen LogP contribution in [0.4, 0.5) is 4.39 Å². The molecule has 0 saturated carbocycles. The summed E-state index contributed by atoms with van der Waals surface area (Å²) in [6, 6.07) is 21.2. The molecule has 3 aromatic carbocycles. The van der Waals surface area contributed by atoms with Gasteiger partial charge in [0.1, 0.15) is 5.82 Å². The average Bonchev–Trinajstić information content (AvgIpc) is 2.69. The second-order valence-electron chi connectivity index (χ2n) is 6.70. The van der Waals surface area contributed by atoms with Gasteiger partial charge in [-0.25, -0.2) is 4.39 Å². The van der Waals surface area contributed by atoms with Gasteiger partial charge in [0.05, 0.1) is 17.1 Å². The fourth-order valence-electron chi connectivity index (χ4n) is 2.81. The molecule has 4 nitrogen and oxygen atoms in total. The SMILES string of the molecule is CC(O)(CCOS(=O)(=O)c1ccccc1)c1ccc(-c2ccc(F)cc2)cc1. The second-order valence-corrected chi connectivity index (χ2v) is 8.31. The average molecular weight is 400 g/mol. The van der Waals surface area contributed by atoms with Gasteiger partial charge in [0.2, 0.25) is 0 Å². The minimum Gasteiger partial charge on any atom is -0.385 e. The van der Waals surface area contributed by atoms with Gasteiger partial charge >= 0.3 is 0 Å². The maximum absolute atomic E-state index is 13.0. The van der Waals surface area contributed by atoms with Crippen LogP contribution in [0.15, 0.2) is 83.8 Å². The van der Waals surface area contributed by atoms with Gasteiger partial charge in [0.25, 0.3) is 10.1 Å². The molecule has 1 N–H and O–H groups in total. The molecule has 0 aliphatic carbocycles. The Kier molecular flexibility index (Phi) is 5.93. The van der Waals surface area contributed by atoms with Gasteiger partial charge in [0, 0.05) is 6.42 Å². The van der Waals surface area contributed by atoms with E-state index in [0.717, 1.165) is 11.1 Å². The van der Waals surface area contributed by atoms with E-state index in [9.17, 15) is 17.9 Å². The molecule has 146 valence electrons. The van der Waals surface area contributed by atoms with Crippen LogP contribution in [0.25, 0.3) is 11.1 Å². The molecule has 0 aliphatic heterocycles. The van der Waals surface area contributed by atoms with Crippen LogP contribution in [0.5, 0.6) is 0 Å². The quantitative estimate of drug-likeness (QED) is 0.594. The third kappa shape index (κ3) is 4.84. The van der Waals surface area contributed by atoms with Gasteiger partial charge in [-0.3, -0.25) is 4.18 Å². The van der Waals surface area contributed by atoms with Gasteiger partial charge in [-0.15, -0.1) is 0 Å². The highest BCUT2D eigenvalue weighted by Gasteiger charge is 2.24. The van der Waals surface area contributed by atoms with Gasteiger partial charge in [-0.05, 0) is 47.9 Å². The van der Waals surface area contributed by atoms with Crippen molar-refractivity contribution in [1.82, 2.24) is 0 Å². The molecule has 0 saturated heterocycles. The number of hydrogen-bond donors (Lipinski definition) is 1. The van der Waals surface area contributed by atoms with Crippen molar-refractivity contribution in [3.05, 3.63) is 90.2 Å². The van der Waals surface area contributed by atoms with Crippen molar-refractivity contribution in [2.45, 2.75) is 23.8 Å². The highest BCUT2D eigenvalue weighted by molar-refractivity contribution is 7.86. The molecule has 0 heterocycles. The van der Waals surface area contributed by atoms with Crippen molar-refractivity contribution in [3.8, 4) is 11.1 Å². The lowest BCUT2D eigenvalue weighted by Gasteiger charge is -2.24. The molecule has 0 radical (unpaired) electrons. The molecule has 28 heavy (non-hydrogen) atoms. The van der Waals surface area contributed by atoms with Crippen LogP contribution < -0.4 is 0 Å². The number of benzene rings is 3. The Bertz CT molecular complexity index is 1010. The van der Waals surface area contributed by atoms with Gasteiger partial charge in [0.15, 0.2) is 0 Å². The van der Waals surface area contributed by atoms with E-state index in [1.807, 2.05) is 12.1 Å². The van der Waals surface area contributed by atoms with E-state index >= 15 is 0 Å². The summed E-state index contributed by atoms with van der Waals surface area (Å²) < 4.78 is 42.4. The summed E-state index contributed by atoms with van der Waals surface area (Å²) >= 11 is 0. The zero-order valence-electron chi connectivity index (χ0n) is 15.4. The molecule has 1 atom stereocenters. The first kappa shape index (κ1) is 20.2. The summed E-state index contributed by atoms with van der Waals surface area (Å²) in [5.74, 6) is -0.297. The third-order valence-electron chi connectivity index (χ3n) is 4.54. The fourth-order valence-corrected chi connectivity index (χ4v) is 3.74. The monoisotopic (exact) mass is 400 g/mol. The van der Waals surface area contributed by atoms with Crippen molar-refractivity contribution in [1.29, 1.82) is 0 Å². The minimum atomic E-state index is -3.85. The standard InChI is InChI=1S/C22H21FO4S/c1-22(24,15-16-27-28(25,26)21-5-3-2-4-6-21)19-11-7-17(8-12-19)18-9-13-20(23)14-10-18/h2-14,24H,15-16H2,1H3. The van der Waals surface area contributed by atoms with E-state index in [0.29, 0.717) is 5.56 Å². The molecule has 0 amide bonds. The molecule has 0 bridgehead atoms. The normalized spacial score (nSPS) is 13.8. The van der Waals surface area contributed by atoms with E-state index < -0.39 is 15.7 Å². The Morgan fingerprint density at radius 3 is 2.00 bits per heavy atom. The fraction of sp³-hybridized carbons (Fsp3) is 0.182. The van der Waals surface area contributed by atoms with Crippen LogP contribution in [0.1, 0.15) is 18.9 Å². The molecular formula is C22H21FO4S. The topological polar surface area (TPSA) is 63.6 Å². The summed E-state index contributed by atoms with van der Waals surface area (Å²) in [7, 11) is -3.85. The van der Waals surface area contributed by atoms with Crippen molar-refractivity contribution < 1.29 is 22.1 Å². The lowest BCUT2D eigenvalue weighted by molar-refractivity contribution is 0.0344. The summed E-state index contributed by atoms with van der Waals surface area (Å²) in [4.78, 5) is 0.0818. The van der Waals surface area contributed by atoms with Crippen LogP contribution in [0.3, 0.4) is 0 Å². The zero-order chi connectivity index (χ0) is 20.2. The first-order chi connectivity index (χ1) is 13.3. The molecule has 1 unspecified atom stereocenters. The van der Waals surface area contributed by atoms with Crippen LogP contribution in [0.2, 0.25) is 0 Å². The second kappa shape index (κ2) is 8.22. The van der Waals surface area contributed by atoms with E-state index in [2.05, 4.69) is 0 Å². The first-order valence-corrected chi connectivity index (χ1v) is 10.2. The Morgan fingerprint density at radius 2 is 1.43 bits per heavy atom. The number of aliphatic hydroxyl groups is 1. The summed E-state index contributed by atoms with van der Waals surface area (Å²) in [5, 5.41) is 10.7. The lowest BCUT2D eigenvalue weighted by Crippen LogP contribution is -2.24. The van der Waals surface area contributed by atoms with E-state index in [4.69, 9.17) is 4.18 Å². The predicted molar refractivity (Wildman–Crippen MR) is 106 cm³/mol. The molecular weight excluding hydrogens is 379 g/mol. The van der Waals surface area contributed by atoms with Gasteiger partial charge in [-0.1, -0.05) is 54.6 Å². The molecule has 0 spiro atoms. The smallest absolute Gasteiger partial charge is 0.296 e. The largest absolute Gasteiger partial charge is 0.385 e. The molecule has 3 aromatic rings. The maximum Gasteiger partial charge on any atom is 0.296 e. The maximum atomic E-state index is 13.0.